The van der Waals surface area contributed by atoms with Crippen LogP contribution in [0.5, 0.6) is 0 Å². The normalized spacial score (nSPS) is 19.5. The zero-order valence-electron chi connectivity index (χ0n) is 11.2. The molecule has 0 aromatic heterocycles. The van der Waals surface area contributed by atoms with Gasteiger partial charge in [-0.2, -0.15) is 0 Å². The highest BCUT2D eigenvalue weighted by Crippen LogP contribution is 2.31. The predicted molar refractivity (Wildman–Crippen MR) is 82.1 cm³/mol. The number of anilines is 1. The van der Waals surface area contributed by atoms with Crippen molar-refractivity contribution < 1.29 is 0 Å². The van der Waals surface area contributed by atoms with E-state index in [1.54, 1.807) is 0 Å². The highest BCUT2D eigenvalue weighted by molar-refractivity contribution is 9.10. The minimum atomic E-state index is 0.723. The van der Waals surface area contributed by atoms with E-state index in [1.165, 1.54) is 43.6 Å². The van der Waals surface area contributed by atoms with Crippen molar-refractivity contribution in [1.29, 1.82) is 0 Å². The average molecular weight is 311 g/mol. The van der Waals surface area contributed by atoms with Crippen molar-refractivity contribution in [2.45, 2.75) is 32.6 Å². The molecule has 0 bridgehead atoms. The first kappa shape index (κ1) is 13.9. The maximum absolute atomic E-state index is 5.71. The van der Waals surface area contributed by atoms with Gasteiger partial charge in [0.15, 0.2) is 0 Å². The van der Waals surface area contributed by atoms with Gasteiger partial charge in [0.2, 0.25) is 0 Å². The monoisotopic (exact) mass is 310 g/mol. The van der Waals surface area contributed by atoms with Gasteiger partial charge < -0.3 is 10.6 Å². The molecule has 1 unspecified atom stereocenters. The fourth-order valence-electron chi connectivity index (χ4n) is 2.89. The molecule has 100 valence electrons. The molecule has 3 heteroatoms. The minimum Gasteiger partial charge on any atom is -0.371 e. The Labute approximate surface area is 119 Å². The van der Waals surface area contributed by atoms with Gasteiger partial charge in [-0.05, 0) is 49.4 Å². The molecule has 0 saturated carbocycles. The molecule has 1 heterocycles. The molecule has 1 aromatic carbocycles. The third kappa shape index (κ3) is 3.27. The second kappa shape index (κ2) is 6.58. The summed E-state index contributed by atoms with van der Waals surface area (Å²) in [5.74, 6) is 0.875. The minimum absolute atomic E-state index is 0.723. The summed E-state index contributed by atoms with van der Waals surface area (Å²) < 4.78 is 1.16. The van der Waals surface area contributed by atoms with Gasteiger partial charge in [-0.1, -0.05) is 35.3 Å². The summed E-state index contributed by atoms with van der Waals surface area (Å²) in [7, 11) is 0. The first-order valence-electron chi connectivity index (χ1n) is 6.98. The molecule has 0 aliphatic carbocycles. The third-order valence-electron chi connectivity index (χ3n) is 3.78. The van der Waals surface area contributed by atoms with Crippen LogP contribution in [0, 0.1) is 5.92 Å². The lowest BCUT2D eigenvalue weighted by molar-refractivity contribution is 0.529. The Balaban J connectivity index is 2.14. The van der Waals surface area contributed by atoms with Gasteiger partial charge in [-0.3, -0.25) is 0 Å². The van der Waals surface area contributed by atoms with Crippen LogP contribution in [0.2, 0.25) is 0 Å². The van der Waals surface area contributed by atoms with Crippen molar-refractivity contribution in [1.82, 2.24) is 0 Å². The molecule has 1 atom stereocenters. The fraction of sp³-hybridized carbons (Fsp3) is 0.600. The Hall–Kier alpha value is -0.540. The van der Waals surface area contributed by atoms with E-state index in [2.05, 4.69) is 46.0 Å². The molecule has 1 saturated heterocycles. The molecule has 0 spiro atoms. The average Bonchev–Trinajstić information content (AvgIpc) is 2.81. The molecule has 18 heavy (non-hydrogen) atoms. The molecular formula is C15H23BrN2. The van der Waals surface area contributed by atoms with E-state index in [-0.39, 0.29) is 0 Å². The Morgan fingerprint density at radius 1 is 1.44 bits per heavy atom. The van der Waals surface area contributed by atoms with Crippen LogP contribution in [-0.2, 0) is 6.42 Å². The van der Waals surface area contributed by atoms with E-state index in [0.717, 1.165) is 23.4 Å². The Morgan fingerprint density at radius 3 is 3.00 bits per heavy atom. The molecule has 1 fully saturated rings. The summed E-state index contributed by atoms with van der Waals surface area (Å²) in [6.45, 7) is 5.41. The first-order valence-corrected chi connectivity index (χ1v) is 7.77. The number of hydrogen-bond donors (Lipinski definition) is 1. The standard InChI is InChI=1S/C15H23BrN2/c1-2-3-12-7-9-18(11-12)15-10-14(16)5-4-13(15)6-8-17/h4-5,10,12H,2-3,6-9,11,17H2,1H3. The number of benzene rings is 1. The van der Waals surface area contributed by atoms with Crippen LogP contribution in [0.3, 0.4) is 0 Å². The van der Waals surface area contributed by atoms with E-state index in [9.17, 15) is 0 Å². The van der Waals surface area contributed by atoms with E-state index in [1.807, 2.05) is 0 Å². The van der Waals surface area contributed by atoms with Crippen molar-refractivity contribution in [3.8, 4) is 0 Å². The Bertz CT molecular complexity index is 392. The lowest BCUT2D eigenvalue weighted by Crippen LogP contribution is -2.21. The molecule has 0 amide bonds. The summed E-state index contributed by atoms with van der Waals surface area (Å²) in [4.78, 5) is 2.54. The molecule has 1 aliphatic rings. The van der Waals surface area contributed by atoms with Crippen LogP contribution >= 0.6 is 15.9 Å². The molecule has 2 nitrogen and oxygen atoms in total. The second-order valence-corrected chi connectivity index (χ2v) is 6.12. The lowest BCUT2D eigenvalue weighted by atomic mass is 10.0. The second-order valence-electron chi connectivity index (χ2n) is 5.20. The van der Waals surface area contributed by atoms with E-state index >= 15 is 0 Å². The summed E-state index contributed by atoms with van der Waals surface area (Å²) in [5, 5.41) is 0. The molecule has 0 radical (unpaired) electrons. The van der Waals surface area contributed by atoms with Gasteiger partial charge in [0.05, 0.1) is 0 Å². The number of rotatable bonds is 5. The van der Waals surface area contributed by atoms with Crippen LogP contribution in [0.25, 0.3) is 0 Å². The van der Waals surface area contributed by atoms with Crippen LogP contribution in [0.4, 0.5) is 5.69 Å². The van der Waals surface area contributed by atoms with Gasteiger partial charge in [0.1, 0.15) is 0 Å². The van der Waals surface area contributed by atoms with Crippen LogP contribution in [0.1, 0.15) is 31.7 Å². The number of halogens is 1. The number of nitrogens with zero attached hydrogens (tertiary/aromatic N) is 1. The maximum Gasteiger partial charge on any atom is 0.0410 e. The van der Waals surface area contributed by atoms with Crippen LogP contribution < -0.4 is 10.6 Å². The lowest BCUT2D eigenvalue weighted by Gasteiger charge is -2.22. The van der Waals surface area contributed by atoms with Gasteiger partial charge in [0.25, 0.3) is 0 Å². The zero-order chi connectivity index (χ0) is 13.0. The van der Waals surface area contributed by atoms with E-state index in [0.29, 0.717) is 0 Å². The van der Waals surface area contributed by atoms with Gasteiger partial charge in [-0.25, -0.2) is 0 Å². The van der Waals surface area contributed by atoms with E-state index < -0.39 is 0 Å². The van der Waals surface area contributed by atoms with Gasteiger partial charge in [0, 0.05) is 23.2 Å². The number of hydrogen-bond acceptors (Lipinski definition) is 2. The van der Waals surface area contributed by atoms with Crippen molar-refractivity contribution >= 4 is 21.6 Å². The maximum atomic E-state index is 5.71. The molecular weight excluding hydrogens is 288 g/mol. The van der Waals surface area contributed by atoms with Crippen molar-refractivity contribution in [3.05, 3.63) is 28.2 Å². The Kier molecular flexibility index (Phi) is 5.07. The molecule has 1 aromatic rings. The summed E-state index contributed by atoms with van der Waals surface area (Å²) >= 11 is 3.58. The van der Waals surface area contributed by atoms with Crippen molar-refractivity contribution in [2.75, 3.05) is 24.5 Å². The largest absolute Gasteiger partial charge is 0.371 e. The SMILES string of the molecule is CCCC1CCN(c2cc(Br)ccc2CCN)C1. The highest BCUT2D eigenvalue weighted by atomic mass is 79.9. The summed E-state index contributed by atoms with van der Waals surface area (Å²) in [6, 6.07) is 6.58. The summed E-state index contributed by atoms with van der Waals surface area (Å²) in [5.41, 5.74) is 8.48. The smallest absolute Gasteiger partial charge is 0.0410 e. The first-order chi connectivity index (χ1) is 8.74. The van der Waals surface area contributed by atoms with Gasteiger partial charge in [-0.15, -0.1) is 0 Å². The number of nitrogens with two attached hydrogens (primary N) is 1. The Morgan fingerprint density at radius 2 is 2.28 bits per heavy atom. The van der Waals surface area contributed by atoms with Gasteiger partial charge >= 0.3 is 0 Å². The van der Waals surface area contributed by atoms with Crippen LogP contribution in [-0.4, -0.2) is 19.6 Å². The molecule has 2 N–H and O–H groups in total. The van der Waals surface area contributed by atoms with Crippen molar-refractivity contribution in [2.24, 2.45) is 11.7 Å². The summed E-state index contributed by atoms with van der Waals surface area (Å²) in [6.07, 6.45) is 4.96. The topological polar surface area (TPSA) is 29.3 Å². The van der Waals surface area contributed by atoms with Crippen molar-refractivity contribution in [3.63, 3.8) is 0 Å². The quantitative estimate of drug-likeness (QED) is 0.900. The molecule has 1 aliphatic heterocycles. The predicted octanol–water partition coefficient (Wildman–Crippen LogP) is 3.58. The molecule has 2 rings (SSSR count). The fourth-order valence-corrected chi connectivity index (χ4v) is 3.24. The highest BCUT2D eigenvalue weighted by Gasteiger charge is 2.23. The zero-order valence-corrected chi connectivity index (χ0v) is 12.7. The third-order valence-corrected chi connectivity index (χ3v) is 4.28. The van der Waals surface area contributed by atoms with Crippen LogP contribution in [0.15, 0.2) is 22.7 Å². The van der Waals surface area contributed by atoms with E-state index in [4.69, 9.17) is 5.73 Å².